The van der Waals surface area contributed by atoms with Crippen LogP contribution in [0.3, 0.4) is 0 Å². The van der Waals surface area contributed by atoms with E-state index in [-0.39, 0.29) is 10.9 Å². The number of hydrogen-bond donors (Lipinski definition) is 2. The van der Waals surface area contributed by atoms with Crippen LogP contribution < -0.4 is 10.0 Å². The topological polar surface area (TPSA) is 70.6 Å². The number of nitrogens with one attached hydrogen (secondary N) is 2. The van der Waals surface area contributed by atoms with E-state index in [0.29, 0.717) is 10.7 Å². The number of benzene rings is 1. The minimum absolute atomic E-state index is 0.127. The van der Waals surface area contributed by atoms with E-state index in [1.165, 1.54) is 13.1 Å². The Kier molecular flexibility index (Phi) is 2.32. The molecule has 2 rings (SSSR count). The molecule has 0 unspecified atom stereocenters. The van der Waals surface area contributed by atoms with Gasteiger partial charge in [-0.3, -0.25) is 4.99 Å². The SMILES string of the molecule is CN=C1Nc2c(Cl)cccc2S(=O)(=O)N1. The number of aliphatic imine (C=N–C) groups is 1. The summed E-state index contributed by atoms with van der Waals surface area (Å²) in [6, 6.07) is 4.67. The molecule has 0 saturated heterocycles. The number of para-hydroxylation sites is 1. The fourth-order valence-corrected chi connectivity index (χ4v) is 2.75. The highest BCUT2D eigenvalue weighted by Crippen LogP contribution is 2.31. The molecule has 0 aliphatic carbocycles. The van der Waals surface area contributed by atoms with Crippen molar-refractivity contribution in [3.05, 3.63) is 23.2 Å². The van der Waals surface area contributed by atoms with Crippen LogP contribution in [-0.4, -0.2) is 21.4 Å². The molecule has 1 aliphatic heterocycles. The van der Waals surface area contributed by atoms with Gasteiger partial charge in [-0.05, 0) is 12.1 Å². The first-order valence-corrected chi connectivity index (χ1v) is 5.96. The number of sulfonamides is 1. The summed E-state index contributed by atoms with van der Waals surface area (Å²) in [5, 5.41) is 3.14. The molecule has 0 atom stereocenters. The smallest absolute Gasteiger partial charge is 0.266 e. The van der Waals surface area contributed by atoms with Crippen LogP contribution in [0.2, 0.25) is 5.02 Å². The van der Waals surface area contributed by atoms with Gasteiger partial charge in [0, 0.05) is 7.05 Å². The molecule has 0 fully saturated rings. The minimum atomic E-state index is -3.55. The lowest BCUT2D eigenvalue weighted by Crippen LogP contribution is -2.40. The van der Waals surface area contributed by atoms with Gasteiger partial charge in [-0.15, -0.1) is 0 Å². The lowest BCUT2D eigenvalue weighted by Gasteiger charge is -2.21. The van der Waals surface area contributed by atoms with Gasteiger partial charge in [0.25, 0.3) is 10.0 Å². The van der Waals surface area contributed by atoms with Gasteiger partial charge in [-0.1, -0.05) is 17.7 Å². The Morgan fingerprint density at radius 2 is 2.13 bits per heavy atom. The highest BCUT2D eigenvalue weighted by Gasteiger charge is 2.27. The molecule has 1 heterocycles. The Balaban J connectivity index is 2.71. The third-order valence-electron chi connectivity index (χ3n) is 1.96. The maximum atomic E-state index is 11.7. The molecular formula is C8H8ClN3O2S. The molecule has 5 nitrogen and oxygen atoms in total. The second kappa shape index (κ2) is 3.39. The van der Waals surface area contributed by atoms with Gasteiger partial charge in [0.2, 0.25) is 5.96 Å². The molecule has 0 amide bonds. The van der Waals surface area contributed by atoms with Crippen molar-refractivity contribution in [2.45, 2.75) is 4.90 Å². The van der Waals surface area contributed by atoms with Crippen LogP contribution in [0.15, 0.2) is 28.1 Å². The summed E-state index contributed by atoms with van der Waals surface area (Å²) >= 11 is 5.88. The lowest BCUT2D eigenvalue weighted by atomic mass is 10.3. The van der Waals surface area contributed by atoms with Crippen molar-refractivity contribution in [3.8, 4) is 0 Å². The van der Waals surface area contributed by atoms with Gasteiger partial charge >= 0.3 is 0 Å². The second-order valence-electron chi connectivity index (χ2n) is 2.92. The number of nitrogens with zero attached hydrogens (tertiary/aromatic N) is 1. The van der Waals surface area contributed by atoms with Gasteiger partial charge in [-0.25, -0.2) is 13.1 Å². The maximum absolute atomic E-state index is 11.7. The molecule has 2 N–H and O–H groups in total. The van der Waals surface area contributed by atoms with Crippen LogP contribution in [0.4, 0.5) is 5.69 Å². The molecule has 0 bridgehead atoms. The quantitative estimate of drug-likeness (QED) is 0.717. The Morgan fingerprint density at radius 1 is 1.40 bits per heavy atom. The van der Waals surface area contributed by atoms with Crippen molar-refractivity contribution < 1.29 is 8.42 Å². The summed E-state index contributed by atoms with van der Waals surface area (Å²) in [4.78, 5) is 3.87. The minimum Gasteiger partial charge on any atom is -0.323 e. The number of hydrogen-bond acceptors (Lipinski definition) is 3. The molecule has 1 aromatic rings. The molecule has 15 heavy (non-hydrogen) atoms. The normalized spacial score (nSPS) is 20.3. The molecule has 80 valence electrons. The first-order chi connectivity index (χ1) is 7.04. The van der Waals surface area contributed by atoms with Crippen LogP contribution in [0, 0.1) is 0 Å². The summed E-state index contributed by atoms with van der Waals surface area (Å²) in [5.41, 5.74) is 0.360. The largest absolute Gasteiger partial charge is 0.323 e. The zero-order valence-corrected chi connectivity index (χ0v) is 9.35. The summed E-state index contributed by atoms with van der Waals surface area (Å²) in [6.07, 6.45) is 0. The number of halogens is 1. The van der Waals surface area contributed by atoms with E-state index in [0.717, 1.165) is 0 Å². The number of fused-ring (bicyclic) bond motifs is 1. The summed E-state index contributed by atoms with van der Waals surface area (Å²) in [7, 11) is -2.07. The maximum Gasteiger partial charge on any atom is 0.266 e. The Bertz CT molecular complexity index is 539. The van der Waals surface area contributed by atoms with Crippen LogP contribution in [-0.2, 0) is 10.0 Å². The Morgan fingerprint density at radius 3 is 2.80 bits per heavy atom. The Hall–Kier alpha value is -1.27. The third kappa shape index (κ3) is 1.66. The molecule has 0 spiro atoms. The van der Waals surface area contributed by atoms with Gasteiger partial charge in [0.1, 0.15) is 4.90 Å². The van der Waals surface area contributed by atoms with Crippen molar-refractivity contribution >= 4 is 33.3 Å². The van der Waals surface area contributed by atoms with Crippen LogP contribution >= 0.6 is 11.6 Å². The van der Waals surface area contributed by atoms with E-state index in [4.69, 9.17) is 11.6 Å². The molecule has 1 aromatic carbocycles. The average molecular weight is 246 g/mol. The number of guanidine groups is 1. The van der Waals surface area contributed by atoms with Gasteiger partial charge in [0.05, 0.1) is 10.7 Å². The first kappa shape index (κ1) is 10.3. The van der Waals surface area contributed by atoms with Crippen molar-refractivity contribution in [1.29, 1.82) is 0 Å². The summed E-state index contributed by atoms with van der Waals surface area (Å²) in [5.74, 6) is 0.163. The van der Waals surface area contributed by atoms with Crippen molar-refractivity contribution in [2.24, 2.45) is 4.99 Å². The average Bonchev–Trinajstić information content (AvgIpc) is 2.18. The molecule has 0 aromatic heterocycles. The predicted octanol–water partition coefficient (Wildman–Crippen LogP) is 1.03. The molecular weight excluding hydrogens is 238 g/mol. The lowest BCUT2D eigenvalue weighted by molar-refractivity contribution is 0.592. The Labute approximate surface area is 92.2 Å². The highest BCUT2D eigenvalue weighted by molar-refractivity contribution is 7.90. The van der Waals surface area contributed by atoms with E-state index >= 15 is 0 Å². The van der Waals surface area contributed by atoms with Crippen molar-refractivity contribution in [2.75, 3.05) is 12.4 Å². The molecule has 0 saturated carbocycles. The van der Waals surface area contributed by atoms with Gasteiger partial charge in [-0.2, -0.15) is 0 Å². The summed E-state index contributed by atoms with van der Waals surface area (Å²) < 4.78 is 25.7. The standard InChI is InChI=1S/C8H8ClN3O2S/c1-10-8-11-7-5(9)3-2-4-6(7)15(13,14)12-8/h2-4H,1H3,(H2,10,11,12). The highest BCUT2D eigenvalue weighted by atomic mass is 35.5. The summed E-state index contributed by atoms with van der Waals surface area (Å²) in [6.45, 7) is 0. The van der Waals surface area contributed by atoms with Gasteiger partial charge in [0.15, 0.2) is 0 Å². The molecule has 7 heteroatoms. The predicted molar refractivity (Wildman–Crippen MR) is 58.8 cm³/mol. The van der Waals surface area contributed by atoms with E-state index in [2.05, 4.69) is 15.0 Å². The van der Waals surface area contributed by atoms with Crippen molar-refractivity contribution in [1.82, 2.24) is 4.72 Å². The first-order valence-electron chi connectivity index (χ1n) is 4.10. The van der Waals surface area contributed by atoms with E-state index in [1.807, 2.05) is 0 Å². The zero-order chi connectivity index (χ0) is 11.1. The fourth-order valence-electron chi connectivity index (χ4n) is 1.28. The monoisotopic (exact) mass is 245 g/mol. The molecule has 0 radical (unpaired) electrons. The van der Waals surface area contributed by atoms with E-state index in [9.17, 15) is 8.42 Å². The second-order valence-corrected chi connectivity index (χ2v) is 4.97. The number of rotatable bonds is 0. The van der Waals surface area contributed by atoms with Crippen molar-refractivity contribution in [3.63, 3.8) is 0 Å². The van der Waals surface area contributed by atoms with E-state index in [1.54, 1.807) is 12.1 Å². The van der Waals surface area contributed by atoms with E-state index < -0.39 is 10.0 Å². The van der Waals surface area contributed by atoms with Crippen LogP contribution in [0.25, 0.3) is 0 Å². The van der Waals surface area contributed by atoms with Crippen LogP contribution in [0.1, 0.15) is 0 Å². The van der Waals surface area contributed by atoms with Crippen LogP contribution in [0.5, 0.6) is 0 Å². The molecule has 1 aliphatic rings. The third-order valence-corrected chi connectivity index (χ3v) is 3.66. The zero-order valence-electron chi connectivity index (χ0n) is 7.78. The number of anilines is 1. The fraction of sp³-hybridized carbons (Fsp3) is 0.125. The van der Waals surface area contributed by atoms with Gasteiger partial charge < -0.3 is 5.32 Å².